The van der Waals surface area contributed by atoms with Crippen LogP contribution in [-0.2, 0) is 0 Å². The van der Waals surface area contributed by atoms with Crippen LogP contribution in [0.3, 0.4) is 0 Å². The van der Waals surface area contributed by atoms with Crippen molar-refractivity contribution in [3.63, 3.8) is 0 Å². The molecule has 146 valence electrons. The van der Waals surface area contributed by atoms with Crippen molar-refractivity contribution in [2.45, 2.75) is 26.7 Å². The van der Waals surface area contributed by atoms with Gasteiger partial charge in [0.2, 0.25) is 0 Å². The lowest BCUT2D eigenvalue weighted by Crippen LogP contribution is -2.17. The molecule has 0 amide bonds. The second-order valence-electron chi connectivity index (χ2n) is 7.33. The number of nitriles is 1. The van der Waals surface area contributed by atoms with Crippen LogP contribution in [0, 0.1) is 16.7 Å². The number of fused-ring (bicyclic) bond motifs is 1. The smallest absolute Gasteiger partial charge is 0.159 e. The van der Waals surface area contributed by atoms with Crippen molar-refractivity contribution >= 4 is 28.0 Å². The van der Waals surface area contributed by atoms with Crippen LogP contribution in [-0.4, -0.2) is 35.3 Å². The minimum atomic E-state index is 0.361. The molecule has 0 saturated carbocycles. The Morgan fingerprint density at radius 3 is 2.83 bits per heavy atom. The van der Waals surface area contributed by atoms with E-state index < -0.39 is 0 Å². The molecular formula is C23H24N6. The average molecular weight is 384 g/mol. The van der Waals surface area contributed by atoms with Gasteiger partial charge in [-0.25, -0.2) is 9.97 Å². The third-order valence-electron chi connectivity index (χ3n) is 5.46. The molecule has 2 N–H and O–H groups in total. The molecule has 0 radical (unpaired) electrons. The molecule has 0 bridgehead atoms. The number of aromatic nitrogens is 2. The van der Waals surface area contributed by atoms with E-state index in [1.807, 2.05) is 44.5 Å². The molecule has 1 aliphatic carbocycles. The van der Waals surface area contributed by atoms with Gasteiger partial charge in [0.1, 0.15) is 6.07 Å². The Kier molecular flexibility index (Phi) is 5.13. The largest absolute Gasteiger partial charge is 0.391 e. The zero-order valence-electron chi connectivity index (χ0n) is 16.8. The maximum Gasteiger partial charge on any atom is 0.159 e. The molecule has 29 heavy (non-hydrogen) atoms. The van der Waals surface area contributed by atoms with Gasteiger partial charge in [-0.2, -0.15) is 5.26 Å². The Morgan fingerprint density at radius 1 is 1.31 bits per heavy atom. The first-order chi connectivity index (χ1) is 14.1. The van der Waals surface area contributed by atoms with Crippen LogP contribution in [0.5, 0.6) is 0 Å². The number of nitrogens with zero attached hydrogens (tertiary/aromatic N) is 4. The Hall–Kier alpha value is -3.46. The summed E-state index contributed by atoms with van der Waals surface area (Å²) in [6, 6.07) is 8.35. The summed E-state index contributed by atoms with van der Waals surface area (Å²) >= 11 is 0. The molecule has 2 aromatic heterocycles. The Labute approximate surface area is 170 Å². The van der Waals surface area contributed by atoms with Gasteiger partial charge in [0.15, 0.2) is 5.65 Å². The normalized spacial score (nSPS) is 18.4. The standard InChI is InChI=1S/C23H24N6/c1-3-26-13-17-11-19(20(12-24)15(2)22(17)25)21-7-6-16-10-18(14-27-23(16)28-21)29-8-4-5-9-29/h6-7,10-11,13-14,25-26H,3-5,8-9H2,1-2H3/b17-13-,25-22?. The molecule has 0 aromatic carbocycles. The van der Waals surface area contributed by atoms with E-state index in [0.29, 0.717) is 28.2 Å². The molecule has 0 unspecified atom stereocenters. The number of anilines is 1. The highest BCUT2D eigenvalue weighted by atomic mass is 15.1. The molecule has 1 fully saturated rings. The molecule has 4 rings (SSSR count). The topological polar surface area (TPSA) is 88.7 Å². The predicted molar refractivity (Wildman–Crippen MR) is 117 cm³/mol. The van der Waals surface area contributed by atoms with E-state index in [4.69, 9.17) is 10.4 Å². The van der Waals surface area contributed by atoms with E-state index >= 15 is 0 Å². The highest BCUT2D eigenvalue weighted by molar-refractivity contribution is 6.18. The third-order valence-corrected chi connectivity index (χ3v) is 5.46. The molecule has 2 aliphatic rings. The van der Waals surface area contributed by atoms with Crippen molar-refractivity contribution in [3.05, 3.63) is 59.1 Å². The van der Waals surface area contributed by atoms with Gasteiger partial charge in [0, 0.05) is 42.4 Å². The Morgan fingerprint density at radius 2 is 2.10 bits per heavy atom. The SMILES string of the molecule is CCN/C=C1/C=C(c2ccc3cc(N4CCCC4)cnc3n2)C(C#N)=C(C)C1=N. The molecule has 1 aliphatic heterocycles. The molecule has 0 spiro atoms. The number of hydrogen-bond donors (Lipinski definition) is 2. The number of nitrogens with one attached hydrogen (secondary N) is 2. The second-order valence-corrected chi connectivity index (χ2v) is 7.33. The minimum Gasteiger partial charge on any atom is -0.391 e. The number of allylic oxidation sites excluding steroid dienone is 5. The summed E-state index contributed by atoms with van der Waals surface area (Å²) < 4.78 is 0. The first-order valence-corrected chi connectivity index (χ1v) is 10.0. The summed E-state index contributed by atoms with van der Waals surface area (Å²) in [5.41, 5.74) is 5.50. The van der Waals surface area contributed by atoms with Gasteiger partial charge in [0.25, 0.3) is 0 Å². The fraction of sp³-hybridized carbons (Fsp3) is 0.304. The van der Waals surface area contributed by atoms with Gasteiger partial charge >= 0.3 is 0 Å². The summed E-state index contributed by atoms with van der Waals surface area (Å²) in [7, 11) is 0. The van der Waals surface area contributed by atoms with E-state index in [1.54, 1.807) is 0 Å². The van der Waals surface area contributed by atoms with E-state index in [0.717, 1.165) is 41.9 Å². The quantitative estimate of drug-likeness (QED) is 0.832. The lowest BCUT2D eigenvalue weighted by molar-refractivity contribution is 0.916. The first kappa shape index (κ1) is 18.9. The summed E-state index contributed by atoms with van der Waals surface area (Å²) in [4.78, 5) is 11.7. The fourth-order valence-corrected chi connectivity index (χ4v) is 3.81. The van der Waals surface area contributed by atoms with E-state index in [1.165, 1.54) is 12.8 Å². The van der Waals surface area contributed by atoms with Gasteiger partial charge in [0.05, 0.1) is 28.9 Å². The molecule has 6 heteroatoms. The van der Waals surface area contributed by atoms with Gasteiger partial charge in [-0.3, -0.25) is 5.41 Å². The molecule has 0 atom stereocenters. The third kappa shape index (κ3) is 3.52. The lowest BCUT2D eigenvalue weighted by Gasteiger charge is -2.19. The number of hydrogen-bond acceptors (Lipinski definition) is 6. The maximum absolute atomic E-state index is 9.71. The van der Waals surface area contributed by atoms with Crippen molar-refractivity contribution in [1.29, 1.82) is 10.7 Å². The van der Waals surface area contributed by atoms with E-state index in [2.05, 4.69) is 27.3 Å². The molecule has 2 aromatic rings. The average Bonchev–Trinajstić information content (AvgIpc) is 3.29. The van der Waals surface area contributed by atoms with Crippen molar-refractivity contribution in [3.8, 4) is 6.07 Å². The molecule has 1 saturated heterocycles. The maximum atomic E-state index is 9.71. The Bertz CT molecular complexity index is 1110. The predicted octanol–water partition coefficient (Wildman–Crippen LogP) is 3.98. The van der Waals surface area contributed by atoms with Crippen LogP contribution in [0.1, 0.15) is 32.4 Å². The zero-order valence-corrected chi connectivity index (χ0v) is 16.8. The van der Waals surface area contributed by atoms with Gasteiger partial charge in [-0.05, 0) is 56.5 Å². The molecule has 6 nitrogen and oxygen atoms in total. The monoisotopic (exact) mass is 384 g/mol. The van der Waals surface area contributed by atoms with Crippen LogP contribution >= 0.6 is 0 Å². The van der Waals surface area contributed by atoms with Crippen molar-refractivity contribution in [1.82, 2.24) is 15.3 Å². The highest BCUT2D eigenvalue weighted by Gasteiger charge is 2.23. The Balaban J connectivity index is 1.76. The summed E-state index contributed by atoms with van der Waals surface area (Å²) in [6.07, 6.45) is 8.02. The number of pyridine rings is 2. The van der Waals surface area contributed by atoms with Crippen LogP contribution in [0.25, 0.3) is 16.6 Å². The fourth-order valence-electron chi connectivity index (χ4n) is 3.81. The van der Waals surface area contributed by atoms with E-state index in [9.17, 15) is 5.26 Å². The van der Waals surface area contributed by atoms with Crippen LogP contribution in [0.2, 0.25) is 0 Å². The second kappa shape index (κ2) is 7.88. The lowest BCUT2D eigenvalue weighted by atomic mass is 9.86. The summed E-state index contributed by atoms with van der Waals surface area (Å²) in [5, 5.41) is 22.2. The first-order valence-electron chi connectivity index (χ1n) is 10.0. The van der Waals surface area contributed by atoms with Crippen molar-refractivity contribution in [2.75, 3.05) is 24.5 Å². The van der Waals surface area contributed by atoms with Crippen LogP contribution < -0.4 is 10.2 Å². The van der Waals surface area contributed by atoms with Gasteiger partial charge in [-0.15, -0.1) is 0 Å². The molecule has 3 heterocycles. The van der Waals surface area contributed by atoms with Crippen molar-refractivity contribution < 1.29 is 0 Å². The van der Waals surface area contributed by atoms with Gasteiger partial charge in [-0.1, -0.05) is 0 Å². The highest BCUT2D eigenvalue weighted by Crippen LogP contribution is 2.33. The molecular weight excluding hydrogens is 360 g/mol. The number of rotatable bonds is 4. The van der Waals surface area contributed by atoms with Crippen molar-refractivity contribution in [2.24, 2.45) is 0 Å². The van der Waals surface area contributed by atoms with E-state index in [-0.39, 0.29) is 0 Å². The summed E-state index contributed by atoms with van der Waals surface area (Å²) in [6.45, 7) is 6.74. The van der Waals surface area contributed by atoms with Crippen LogP contribution in [0.4, 0.5) is 5.69 Å². The summed E-state index contributed by atoms with van der Waals surface area (Å²) in [5.74, 6) is 0. The van der Waals surface area contributed by atoms with Crippen LogP contribution in [0.15, 0.2) is 53.4 Å². The zero-order chi connectivity index (χ0) is 20.4. The minimum absolute atomic E-state index is 0.361. The van der Waals surface area contributed by atoms with Gasteiger partial charge < -0.3 is 10.2 Å².